The van der Waals surface area contributed by atoms with Crippen LogP contribution >= 0.6 is 0 Å². The molecule has 2 aliphatic rings. The predicted octanol–water partition coefficient (Wildman–Crippen LogP) is 4.35. The van der Waals surface area contributed by atoms with E-state index in [0.717, 1.165) is 36.2 Å². The van der Waals surface area contributed by atoms with Gasteiger partial charge in [0.25, 0.3) is 0 Å². The van der Waals surface area contributed by atoms with Gasteiger partial charge in [0.05, 0.1) is 0 Å². The third kappa shape index (κ3) is 3.22. The molecule has 0 unspecified atom stereocenters. The number of fused-ring (bicyclic) bond motifs is 1. The van der Waals surface area contributed by atoms with Gasteiger partial charge in [0.1, 0.15) is 0 Å². The predicted molar refractivity (Wildman–Crippen MR) is 86.6 cm³/mol. The van der Waals surface area contributed by atoms with Crippen molar-refractivity contribution in [2.45, 2.75) is 46.0 Å². The lowest BCUT2D eigenvalue weighted by Gasteiger charge is -2.41. The minimum atomic E-state index is 0.0766. The first kappa shape index (κ1) is 14.4. The highest BCUT2D eigenvalue weighted by molar-refractivity contribution is 5.90. The minimum absolute atomic E-state index is 0.0766. The molecule has 1 heterocycles. The molecule has 1 aromatic rings. The molecule has 1 saturated heterocycles. The lowest BCUT2D eigenvalue weighted by molar-refractivity contribution is 0.108. The summed E-state index contributed by atoms with van der Waals surface area (Å²) >= 11 is 0. The zero-order chi connectivity index (χ0) is 14.8. The van der Waals surface area contributed by atoms with Crippen LogP contribution < -0.4 is 5.32 Å². The van der Waals surface area contributed by atoms with Crippen molar-refractivity contribution in [3.05, 3.63) is 29.3 Å². The molecule has 1 aliphatic carbocycles. The molecule has 114 valence electrons. The smallest absolute Gasteiger partial charge is 0.321 e. The number of urea groups is 1. The first-order chi connectivity index (χ1) is 10.1. The molecule has 1 aromatic carbocycles. The molecule has 0 radical (unpaired) electrons. The maximum atomic E-state index is 12.5. The number of benzene rings is 1. The minimum Gasteiger partial charge on any atom is -0.324 e. The molecule has 2 amide bonds. The van der Waals surface area contributed by atoms with Crippen LogP contribution in [-0.4, -0.2) is 24.0 Å². The Bertz CT molecular complexity index is 526. The summed E-state index contributed by atoms with van der Waals surface area (Å²) < 4.78 is 0. The highest BCUT2D eigenvalue weighted by Crippen LogP contribution is 2.36. The monoisotopic (exact) mass is 286 g/mol. The highest BCUT2D eigenvalue weighted by atomic mass is 16.2. The van der Waals surface area contributed by atoms with Crippen LogP contribution in [0.25, 0.3) is 0 Å². The number of nitrogens with zero attached hydrogens (tertiary/aromatic N) is 1. The Morgan fingerprint density at radius 3 is 2.71 bits per heavy atom. The Hall–Kier alpha value is -1.51. The topological polar surface area (TPSA) is 32.3 Å². The lowest BCUT2D eigenvalue weighted by Crippen LogP contribution is -2.46. The van der Waals surface area contributed by atoms with E-state index in [1.807, 2.05) is 11.8 Å². The van der Waals surface area contributed by atoms with E-state index in [-0.39, 0.29) is 6.03 Å². The fourth-order valence-electron chi connectivity index (χ4n) is 3.85. The van der Waals surface area contributed by atoms with Gasteiger partial charge in [-0.25, -0.2) is 4.79 Å². The Morgan fingerprint density at radius 2 is 1.90 bits per heavy atom. The number of rotatable bonds is 1. The number of hydrogen-bond donors (Lipinski definition) is 1. The van der Waals surface area contributed by atoms with Crippen LogP contribution in [-0.2, 0) is 0 Å². The fourth-order valence-corrected chi connectivity index (χ4v) is 3.85. The van der Waals surface area contributed by atoms with Crippen molar-refractivity contribution in [3.63, 3.8) is 0 Å². The third-order valence-electron chi connectivity index (χ3n) is 5.21. The number of anilines is 1. The molecule has 1 saturated carbocycles. The van der Waals surface area contributed by atoms with Gasteiger partial charge in [0, 0.05) is 18.8 Å². The molecular formula is C18H26N2O. The van der Waals surface area contributed by atoms with E-state index in [4.69, 9.17) is 0 Å². The number of amides is 2. The summed E-state index contributed by atoms with van der Waals surface area (Å²) in [5.41, 5.74) is 3.26. The number of piperidine rings is 1. The van der Waals surface area contributed by atoms with Gasteiger partial charge in [-0.05, 0) is 55.7 Å². The quantitative estimate of drug-likeness (QED) is 0.818. The standard InChI is InChI=1S/C18H26N2O/c1-13-7-8-14(2)17(11-13)19-18(21)20-10-9-15-5-3-4-6-16(15)12-20/h7-8,11,15-16H,3-6,9-10,12H2,1-2H3,(H,19,21)/t15-,16-/m0/s1. The average molecular weight is 286 g/mol. The van der Waals surface area contributed by atoms with Crippen molar-refractivity contribution >= 4 is 11.7 Å². The van der Waals surface area contributed by atoms with Crippen LogP contribution in [0.1, 0.15) is 43.2 Å². The fraction of sp³-hybridized carbons (Fsp3) is 0.611. The molecular weight excluding hydrogens is 260 g/mol. The average Bonchev–Trinajstić information content (AvgIpc) is 2.50. The Labute approximate surface area is 127 Å². The lowest BCUT2D eigenvalue weighted by atomic mass is 9.75. The first-order valence-corrected chi connectivity index (χ1v) is 8.26. The zero-order valence-electron chi connectivity index (χ0n) is 13.2. The van der Waals surface area contributed by atoms with Gasteiger partial charge in [-0.3, -0.25) is 0 Å². The Kier molecular flexibility index (Phi) is 4.18. The molecule has 3 rings (SSSR count). The van der Waals surface area contributed by atoms with E-state index >= 15 is 0 Å². The Balaban J connectivity index is 1.64. The number of hydrogen-bond acceptors (Lipinski definition) is 1. The first-order valence-electron chi connectivity index (χ1n) is 8.26. The molecule has 0 aromatic heterocycles. The summed E-state index contributed by atoms with van der Waals surface area (Å²) in [7, 11) is 0. The number of carbonyl (C=O) groups is 1. The van der Waals surface area contributed by atoms with E-state index in [9.17, 15) is 4.79 Å². The van der Waals surface area contributed by atoms with Gasteiger partial charge < -0.3 is 10.2 Å². The highest BCUT2D eigenvalue weighted by Gasteiger charge is 2.32. The second kappa shape index (κ2) is 6.08. The van der Waals surface area contributed by atoms with E-state index in [1.54, 1.807) is 0 Å². The molecule has 0 bridgehead atoms. The maximum Gasteiger partial charge on any atom is 0.321 e. The van der Waals surface area contributed by atoms with Crippen LogP contribution in [0.3, 0.4) is 0 Å². The molecule has 2 atom stereocenters. The SMILES string of the molecule is Cc1ccc(C)c(NC(=O)N2CC[C@@H]3CCCC[C@H]3C2)c1. The van der Waals surface area contributed by atoms with Crippen LogP contribution in [0.15, 0.2) is 18.2 Å². The summed E-state index contributed by atoms with van der Waals surface area (Å²) in [6.45, 7) is 5.96. The van der Waals surface area contributed by atoms with E-state index in [2.05, 4.69) is 30.4 Å². The number of nitrogens with one attached hydrogen (secondary N) is 1. The number of carbonyl (C=O) groups excluding carboxylic acids is 1. The maximum absolute atomic E-state index is 12.5. The number of aryl methyl sites for hydroxylation is 2. The second-order valence-corrected chi connectivity index (χ2v) is 6.79. The normalized spacial score (nSPS) is 25.3. The zero-order valence-corrected chi connectivity index (χ0v) is 13.2. The van der Waals surface area contributed by atoms with Crippen molar-refractivity contribution in [2.75, 3.05) is 18.4 Å². The molecule has 21 heavy (non-hydrogen) atoms. The molecule has 3 nitrogen and oxygen atoms in total. The van der Waals surface area contributed by atoms with E-state index in [1.165, 1.54) is 37.7 Å². The molecule has 1 N–H and O–H groups in total. The Morgan fingerprint density at radius 1 is 1.14 bits per heavy atom. The largest absolute Gasteiger partial charge is 0.324 e. The van der Waals surface area contributed by atoms with Crippen molar-refractivity contribution in [1.29, 1.82) is 0 Å². The van der Waals surface area contributed by atoms with Gasteiger partial charge in [0.2, 0.25) is 0 Å². The van der Waals surface area contributed by atoms with Crippen LogP contribution in [0.2, 0.25) is 0 Å². The summed E-state index contributed by atoms with van der Waals surface area (Å²) in [4.78, 5) is 14.5. The van der Waals surface area contributed by atoms with Crippen LogP contribution in [0, 0.1) is 25.7 Å². The summed E-state index contributed by atoms with van der Waals surface area (Å²) in [6.07, 6.45) is 6.59. The van der Waals surface area contributed by atoms with Gasteiger partial charge in [-0.15, -0.1) is 0 Å². The summed E-state index contributed by atoms with van der Waals surface area (Å²) in [5.74, 6) is 1.60. The van der Waals surface area contributed by atoms with Gasteiger partial charge in [-0.1, -0.05) is 31.4 Å². The van der Waals surface area contributed by atoms with E-state index < -0.39 is 0 Å². The molecule has 3 heteroatoms. The van der Waals surface area contributed by atoms with Crippen LogP contribution in [0.5, 0.6) is 0 Å². The molecule has 2 fully saturated rings. The van der Waals surface area contributed by atoms with Crippen molar-refractivity contribution in [2.24, 2.45) is 11.8 Å². The molecule has 0 spiro atoms. The van der Waals surface area contributed by atoms with Crippen LogP contribution in [0.4, 0.5) is 10.5 Å². The molecule has 1 aliphatic heterocycles. The van der Waals surface area contributed by atoms with Gasteiger partial charge >= 0.3 is 6.03 Å². The third-order valence-corrected chi connectivity index (χ3v) is 5.21. The second-order valence-electron chi connectivity index (χ2n) is 6.79. The van der Waals surface area contributed by atoms with Crippen molar-refractivity contribution in [1.82, 2.24) is 4.90 Å². The van der Waals surface area contributed by atoms with Gasteiger partial charge in [0.15, 0.2) is 0 Å². The summed E-state index contributed by atoms with van der Waals surface area (Å²) in [6, 6.07) is 6.28. The van der Waals surface area contributed by atoms with Gasteiger partial charge in [-0.2, -0.15) is 0 Å². The van der Waals surface area contributed by atoms with Crippen molar-refractivity contribution in [3.8, 4) is 0 Å². The number of likely N-dealkylation sites (tertiary alicyclic amines) is 1. The summed E-state index contributed by atoms with van der Waals surface area (Å²) in [5, 5.41) is 3.10. The van der Waals surface area contributed by atoms with Crippen molar-refractivity contribution < 1.29 is 4.79 Å². The van der Waals surface area contributed by atoms with E-state index in [0.29, 0.717) is 0 Å².